The van der Waals surface area contributed by atoms with Crippen molar-refractivity contribution in [3.8, 4) is 0 Å². The topological polar surface area (TPSA) is 18.5 Å². The normalized spacial score (nSPS) is 22.6. The first-order valence-corrected chi connectivity index (χ1v) is 4.78. The molecule has 0 fully saturated rings. The maximum atomic E-state index is 5.51. The smallest absolute Gasteiger partial charge is 0.161 e. The Morgan fingerprint density at radius 1 is 1.42 bits per heavy atom. The third kappa shape index (κ3) is 1.91. The van der Waals surface area contributed by atoms with Crippen molar-refractivity contribution < 1.29 is 9.47 Å². The average Bonchev–Trinajstić information content (AvgIpc) is 2.16. The van der Waals surface area contributed by atoms with E-state index in [1.807, 2.05) is 0 Å². The SMILES string of the molecule is C=CC1=C(C=C)OC(CBr)CO1. The lowest BCUT2D eigenvalue weighted by Gasteiger charge is -2.25. The number of allylic oxidation sites excluding steroid dienone is 2. The Balaban J connectivity index is 2.76. The zero-order valence-electron chi connectivity index (χ0n) is 6.75. The van der Waals surface area contributed by atoms with Gasteiger partial charge in [-0.05, 0) is 12.2 Å². The molecule has 0 saturated carbocycles. The lowest BCUT2D eigenvalue weighted by atomic mass is 10.3. The molecule has 12 heavy (non-hydrogen) atoms. The molecule has 1 aliphatic heterocycles. The predicted molar refractivity (Wildman–Crippen MR) is 52.0 cm³/mol. The first-order valence-electron chi connectivity index (χ1n) is 3.66. The minimum Gasteiger partial charge on any atom is -0.486 e. The maximum Gasteiger partial charge on any atom is 0.161 e. The monoisotopic (exact) mass is 230 g/mol. The van der Waals surface area contributed by atoms with Gasteiger partial charge in [-0.1, -0.05) is 29.1 Å². The molecule has 0 aromatic heterocycles. The van der Waals surface area contributed by atoms with E-state index in [1.165, 1.54) is 0 Å². The lowest BCUT2D eigenvalue weighted by Crippen LogP contribution is -2.25. The van der Waals surface area contributed by atoms with Crippen LogP contribution in [0.4, 0.5) is 0 Å². The third-order valence-corrected chi connectivity index (χ3v) is 2.23. The van der Waals surface area contributed by atoms with Crippen molar-refractivity contribution in [1.82, 2.24) is 0 Å². The summed E-state index contributed by atoms with van der Waals surface area (Å²) in [5, 5.41) is 0.759. The van der Waals surface area contributed by atoms with Gasteiger partial charge in [0.1, 0.15) is 12.7 Å². The highest BCUT2D eigenvalue weighted by atomic mass is 79.9. The van der Waals surface area contributed by atoms with Crippen molar-refractivity contribution in [3.05, 3.63) is 36.8 Å². The molecule has 0 radical (unpaired) electrons. The summed E-state index contributed by atoms with van der Waals surface area (Å²) in [4.78, 5) is 0. The van der Waals surface area contributed by atoms with Crippen LogP contribution in [0, 0.1) is 0 Å². The fourth-order valence-electron chi connectivity index (χ4n) is 0.910. The average molecular weight is 231 g/mol. The number of hydrogen-bond donors (Lipinski definition) is 0. The summed E-state index contributed by atoms with van der Waals surface area (Å²) in [6, 6.07) is 0. The summed E-state index contributed by atoms with van der Waals surface area (Å²) in [6.07, 6.45) is 3.33. The Hall–Kier alpha value is -0.700. The van der Waals surface area contributed by atoms with Crippen LogP contribution in [0.2, 0.25) is 0 Å². The van der Waals surface area contributed by atoms with Crippen molar-refractivity contribution >= 4 is 15.9 Å². The molecule has 0 saturated heterocycles. The molecule has 0 aromatic rings. The lowest BCUT2D eigenvalue weighted by molar-refractivity contribution is 0.0222. The number of rotatable bonds is 3. The summed E-state index contributed by atoms with van der Waals surface area (Å²) in [5.74, 6) is 1.34. The number of hydrogen-bond acceptors (Lipinski definition) is 2. The van der Waals surface area contributed by atoms with E-state index in [9.17, 15) is 0 Å². The van der Waals surface area contributed by atoms with Gasteiger partial charge >= 0.3 is 0 Å². The van der Waals surface area contributed by atoms with Crippen LogP contribution in [0.15, 0.2) is 36.8 Å². The summed E-state index contributed by atoms with van der Waals surface area (Å²) >= 11 is 3.32. The van der Waals surface area contributed by atoms with Gasteiger partial charge in [0.15, 0.2) is 11.5 Å². The Morgan fingerprint density at radius 3 is 2.58 bits per heavy atom. The number of ether oxygens (including phenoxy) is 2. The van der Waals surface area contributed by atoms with Gasteiger partial charge in [0.25, 0.3) is 0 Å². The van der Waals surface area contributed by atoms with Gasteiger partial charge in [-0.15, -0.1) is 0 Å². The molecule has 1 heterocycles. The minimum absolute atomic E-state index is 0.0710. The molecule has 0 amide bonds. The van der Waals surface area contributed by atoms with Crippen molar-refractivity contribution in [1.29, 1.82) is 0 Å². The molecule has 0 N–H and O–H groups in total. The number of halogens is 1. The maximum absolute atomic E-state index is 5.51. The van der Waals surface area contributed by atoms with Gasteiger partial charge < -0.3 is 9.47 Å². The van der Waals surface area contributed by atoms with Gasteiger partial charge in [-0.25, -0.2) is 0 Å². The quantitative estimate of drug-likeness (QED) is 0.694. The van der Waals surface area contributed by atoms with Crippen molar-refractivity contribution in [2.75, 3.05) is 11.9 Å². The second kappa shape index (κ2) is 4.36. The van der Waals surface area contributed by atoms with Crippen LogP contribution in [0.3, 0.4) is 0 Å². The van der Waals surface area contributed by atoms with E-state index >= 15 is 0 Å². The molecule has 2 nitrogen and oxygen atoms in total. The predicted octanol–water partition coefficient (Wildman–Crippen LogP) is 2.38. The van der Waals surface area contributed by atoms with E-state index < -0.39 is 0 Å². The zero-order valence-corrected chi connectivity index (χ0v) is 8.34. The molecule has 0 aliphatic carbocycles. The van der Waals surface area contributed by atoms with Gasteiger partial charge in [-0.3, -0.25) is 0 Å². The molecule has 3 heteroatoms. The fraction of sp³-hybridized carbons (Fsp3) is 0.333. The van der Waals surface area contributed by atoms with E-state index in [4.69, 9.17) is 9.47 Å². The Bertz CT molecular complexity index is 221. The standard InChI is InChI=1S/C9H11BrO2/c1-3-8-9(4-2)12-7(5-10)6-11-8/h3-4,7H,1-2,5-6H2. The Kier molecular flexibility index (Phi) is 3.41. The molecule has 0 spiro atoms. The van der Waals surface area contributed by atoms with Crippen LogP contribution < -0.4 is 0 Å². The molecule has 1 atom stereocenters. The molecular formula is C9H11BrO2. The zero-order chi connectivity index (χ0) is 8.97. The van der Waals surface area contributed by atoms with Crippen LogP contribution in [0.25, 0.3) is 0 Å². The molecule has 1 unspecified atom stereocenters. The van der Waals surface area contributed by atoms with E-state index in [1.54, 1.807) is 12.2 Å². The van der Waals surface area contributed by atoms with E-state index in [2.05, 4.69) is 29.1 Å². The fourth-order valence-corrected chi connectivity index (χ4v) is 1.23. The first kappa shape index (κ1) is 9.39. The highest BCUT2D eigenvalue weighted by Gasteiger charge is 2.18. The summed E-state index contributed by atoms with van der Waals surface area (Å²) in [7, 11) is 0. The second-order valence-corrected chi connectivity index (χ2v) is 2.99. The molecule has 66 valence electrons. The van der Waals surface area contributed by atoms with Gasteiger partial charge in [0.05, 0.1) is 0 Å². The minimum atomic E-state index is 0.0710. The van der Waals surface area contributed by atoms with Crippen molar-refractivity contribution in [2.45, 2.75) is 6.10 Å². The van der Waals surface area contributed by atoms with Crippen LogP contribution >= 0.6 is 15.9 Å². The highest BCUT2D eigenvalue weighted by molar-refractivity contribution is 9.09. The van der Waals surface area contributed by atoms with Gasteiger partial charge in [-0.2, -0.15) is 0 Å². The van der Waals surface area contributed by atoms with Crippen LogP contribution in [-0.4, -0.2) is 18.0 Å². The van der Waals surface area contributed by atoms with Crippen LogP contribution in [0.1, 0.15) is 0 Å². The van der Waals surface area contributed by atoms with Gasteiger partial charge in [0.2, 0.25) is 0 Å². The van der Waals surface area contributed by atoms with Crippen molar-refractivity contribution in [2.24, 2.45) is 0 Å². The summed E-state index contributed by atoms with van der Waals surface area (Å²) < 4.78 is 10.9. The first-order chi connectivity index (χ1) is 5.81. The Labute approximate surface area is 80.7 Å². The van der Waals surface area contributed by atoms with Gasteiger partial charge in [0, 0.05) is 5.33 Å². The van der Waals surface area contributed by atoms with E-state index in [-0.39, 0.29) is 6.10 Å². The molecule has 0 aromatic carbocycles. The summed E-state index contributed by atoms with van der Waals surface area (Å²) in [5.41, 5.74) is 0. The highest BCUT2D eigenvalue weighted by Crippen LogP contribution is 2.19. The second-order valence-electron chi connectivity index (χ2n) is 2.34. The Morgan fingerprint density at radius 2 is 2.08 bits per heavy atom. The third-order valence-electron chi connectivity index (χ3n) is 1.50. The van der Waals surface area contributed by atoms with E-state index in [0.717, 1.165) is 5.33 Å². The van der Waals surface area contributed by atoms with Crippen LogP contribution in [-0.2, 0) is 9.47 Å². The number of alkyl halides is 1. The molecule has 0 bridgehead atoms. The summed E-state index contributed by atoms with van der Waals surface area (Å²) in [6.45, 7) is 7.80. The molecular weight excluding hydrogens is 220 g/mol. The largest absolute Gasteiger partial charge is 0.486 e. The molecule has 1 rings (SSSR count). The molecule has 1 aliphatic rings. The van der Waals surface area contributed by atoms with Crippen LogP contribution in [0.5, 0.6) is 0 Å². The van der Waals surface area contributed by atoms with Crippen molar-refractivity contribution in [3.63, 3.8) is 0 Å². The van der Waals surface area contributed by atoms with E-state index in [0.29, 0.717) is 18.1 Å².